The minimum Gasteiger partial charge on any atom is -0.358 e. The van der Waals surface area contributed by atoms with Gasteiger partial charge in [-0.1, -0.05) is 0 Å². The maximum Gasteiger partial charge on any atom is 0.319 e. The second-order valence-corrected chi connectivity index (χ2v) is 8.45. The van der Waals surface area contributed by atoms with Crippen molar-refractivity contribution >= 4 is 35.2 Å². The summed E-state index contributed by atoms with van der Waals surface area (Å²) in [4.78, 5) is 44.0. The smallest absolute Gasteiger partial charge is 0.319 e. The second kappa shape index (κ2) is 8.14. The number of H-pyrrole nitrogens is 1. The number of carbonyl (C=O) groups excluding carboxylic acids is 3. The molecule has 0 radical (unpaired) electrons. The van der Waals surface area contributed by atoms with Crippen LogP contribution in [-0.4, -0.2) is 65.9 Å². The molecule has 1 fully saturated rings. The molecule has 1 aromatic carbocycles. The fourth-order valence-electron chi connectivity index (χ4n) is 4.30. The van der Waals surface area contributed by atoms with E-state index in [9.17, 15) is 18.8 Å². The first-order valence-electron chi connectivity index (χ1n) is 10.4. The van der Waals surface area contributed by atoms with Gasteiger partial charge in [-0.2, -0.15) is 0 Å². The van der Waals surface area contributed by atoms with Crippen LogP contribution in [-0.2, 0) is 4.79 Å². The van der Waals surface area contributed by atoms with Gasteiger partial charge in [0.15, 0.2) is 0 Å². The topological polar surface area (TPSA) is 97.5 Å². The number of aromatic nitrogens is 1. The number of urea groups is 1. The monoisotopic (exact) mass is 439 g/mol. The van der Waals surface area contributed by atoms with Crippen molar-refractivity contribution in [2.75, 3.05) is 32.5 Å². The molecular formula is C23H26FN5O3. The number of rotatable bonds is 3. The van der Waals surface area contributed by atoms with E-state index in [4.69, 9.17) is 0 Å². The highest BCUT2D eigenvalue weighted by atomic mass is 19.1. The van der Waals surface area contributed by atoms with E-state index in [0.717, 1.165) is 0 Å². The number of hydrogen-bond donors (Lipinski definition) is 3. The molecule has 1 saturated heterocycles. The molecule has 0 aliphatic carbocycles. The van der Waals surface area contributed by atoms with Gasteiger partial charge in [-0.05, 0) is 50.1 Å². The van der Waals surface area contributed by atoms with Crippen LogP contribution < -0.4 is 10.6 Å². The molecule has 0 spiro atoms. The van der Waals surface area contributed by atoms with Gasteiger partial charge in [-0.3, -0.25) is 9.59 Å². The highest BCUT2D eigenvalue weighted by Gasteiger charge is 2.30. The van der Waals surface area contributed by atoms with E-state index in [-0.39, 0.29) is 23.9 Å². The Morgan fingerprint density at radius 1 is 1.28 bits per heavy atom. The Morgan fingerprint density at radius 2 is 2.03 bits per heavy atom. The summed E-state index contributed by atoms with van der Waals surface area (Å²) < 4.78 is 13.7. The van der Waals surface area contributed by atoms with Crippen molar-refractivity contribution in [3.8, 4) is 0 Å². The molecule has 4 amide bonds. The Morgan fingerprint density at radius 3 is 2.75 bits per heavy atom. The molecule has 2 aromatic rings. The summed E-state index contributed by atoms with van der Waals surface area (Å²) in [5.41, 5.74) is 3.87. The molecule has 9 heteroatoms. The number of likely N-dealkylation sites (tertiary alicyclic amines) is 1. The van der Waals surface area contributed by atoms with E-state index in [0.29, 0.717) is 58.8 Å². The number of aromatic amines is 1. The van der Waals surface area contributed by atoms with Crippen LogP contribution in [0.1, 0.15) is 39.3 Å². The predicted molar refractivity (Wildman–Crippen MR) is 120 cm³/mol. The number of nitrogens with zero attached hydrogens (tertiary/aromatic N) is 2. The summed E-state index contributed by atoms with van der Waals surface area (Å²) in [5, 5.41) is 5.74. The van der Waals surface area contributed by atoms with E-state index in [2.05, 4.69) is 15.6 Å². The van der Waals surface area contributed by atoms with E-state index in [1.807, 2.05) is 0 Å². The first-order valence-corrected chi connectivity index (χ1v) is 10.4. The summed E-state index contributed by atoms with van der Waals surface area (Å²) in [7, 11) is 3.41. The Balaban J connectivity index is 1.55. The number of halogens is 1. The standard InChI is InChI=1S/C23H26FN5O3/c1-12-19(10-17-16-9-14(24)5-6-18(16)27-21(17)30)25-13(2)20(12)22(31)26-15-7-8-29(11-15)23(32)28(3)4/h5-6,9-10,15,25H,7-8,11H2,1-4H3,(H,26,31)(H,27,30)/b17-10-/t15-/m0/s1. The SMILES string of the molecule is Cc1[nH]c(/C=C2\C(=O)Nc3ccc(F)cc32)c(C)c1C(=O)N[C@H]1CCN(C(=O)N(C)C)C1. The van der Waals surface area contributed by atoms with Crippen molar-refractivity contribution in [3.63, 3.8) is 0 Å². The normalized spacial score (nSPS) is 18.7. The van der Waals surface area contributed by atoms with Crippen molar-refractivity contribution < 1.29 is 18.8 Å². The van der Waals surface area contributed by atoms with E-state index in [1.54, 1.807) is 38.9 Å². The lowest BCUT2D eigenvalue weighted by molar-refractivity contribution is -0.110. The Kier molecular flexibility index (Phi) is 5.50. The summed E-state index contributed by atoms with van der Waals surface area (Å²) in [6.45, 7) is 4.66. The zero-order valence-corrected chi connectivity index (χ0v) is 18.5. The summed E-state index contributed by atoms with van der Waals surface area (Å²) in [6.07, 6.45) is 2.33. The summed E-state index contributed by atoms with van der Waals surface area (Å²) >= 11 is 0. The van der Waals surface area contributed by atoms with Crippen LogP contribution in [0.15, 0.2) is 18.2 Å². The molecule has 3 heterocycles. The Hall–Kier alpha value is -3.62. The minimum absolute atomic E-state index is 0.0729. The molecule has 0 bridgehead atoms. The zero-order chi connectivity index (χ0) is 23.2. The number of hydrogen-bond acceptors (Lipinski definition) is 3. The highest BCUT2D eigenvalue weighted by molar-refractivity contribution is 6.34. The number of aryl methyl sites for hydroxylation is 1. The van der Waals surface area contributed by atoms with Crippen molar-refractivity contribution in [2.24, 2.45) is 0 Å². The van der Waals surface area contributed by atoms with Crippen LogP contribution in [0.5, 0.6) is 0 Å². The molecule has 168 valence electrons. The number of benzene rings is 1. The van der Waals surface area contributed by atoms with Gasteiger partial charge >= 0.3 is 6.03 Å². The van der Waals surface area contributed by atoms with Gasteiger partial charge in [-0.25, -0.2) is 9.18 Å². The third kappa shape index (κ3) is 3.86. The summed E-state index contributed by atoms with van der Waals surface area (Å²) in [6, 6.07) is 3.94. The molecule has 0 saturated carbocycles. The van der Waals surface area contributed by atoms with Crippen LogP contribution in [0, 0.1) is 19.7 Å². The maximum atomic E-state index is 13.7. The van der Waals surface area contributed by atoms with E-state index >= 15 is 0 Å². The lowest BCUT2D eigenvalue weighted by atomic mass is 10.0. The predicted octanol–water partition coefficient (Wildman–Crippen LogP) is 2.75. The average Bonchev–Trinajstić information content (AvgIpc) is 3.38. The summed E-state index contributed by atoms with van der Waals surface area (Å²) in [5.74, 6) is -0.976. The first kappa shape index (κ1) is 21.6. The van der Waals surface area contributed by atoms with Crippen LogP contribution in [0.25, 0.3) is 11.6 Å². The molecule has 2 aliphatic rings. The van der Waals surface area contributed by atoms with Crippen molar-refractivity contribution in [1.82, 2.24) is 20.1 Å². The van der Waals surface area contributed by atoms with E-state index in [1.165, 1.54) is 23.1 Å². The molecule has 8 nitrogen and oxygen atoms in total. The molecule has 4 rings (SSSR count). The highest BCUT2D eigenvalue weighted by Crippen LogP contribution is 2.34. The molecule has 2 aliphatic heterocycles. The fraction of sp³-hybridized carbons (Fsp3) is 0.348. The number of amides is 4. The number of anilines is 1. The molecule has 0 unspecified atom stereocenters. The lowest BCUT2D eigenvalue weighted by Gasteiger charge is -2.21. The van der Waals surface area contributed by atoms with Gasteiger partial charge in [0.25, 0.3) is 11.8 Å². The largest absolute Gasteiger partial charge is 0.358 e. The molecule has 32 heavy (non-hydrogen) atoms. The molecule has 1 atom stereocenters. The Bertz CT molecular complexity index is 1150. The van der Waals surface area contributed by atoms with E-state index < -0.39 is 5.82 Å². The first-order chi connectivity index (χ1) is 15.2. The van der Waals surface area contributed by atoms with Crippen molar-refractivity contribution in [2.45, 2.75) is 26.3 Å². The molecule has 1 aromatic heterocycles. The van der Waals surface area contributed by atoms with Crippen LogP contribution >= 0.6 is 0 Å². The second-order valence-electron chi connectivity index (χ2n) is 8.45. The Labute approximate surface area is 185 Å². The fourth-order valence-corrected chi connectivity index (χ4v) is 4.30. The van der Waals surface area contributed by atoms with Gasteiger partial charge in [0.2, 0.25) is 0 Å². The van der Waals surface area contributed by atoms with Gasteiger partial charge < -0.3 is 25.4 Å². The van der Waals surface area contributed by atoms with Crippen LogP contribution in [0.4, 0.5) is 14.9 Å². The third-order valence-electron chi connectivity index (χ3n) is 5.93. The van der Waals surface area contributed by atoms with Gasteiger partial charge in [0.05, 0.1) is 11.1 Å². The van der Waals surface area contributed by atoms with Crippen molar-refractivity contribution in [1.29, 1.82) is 0 Å². The zero-order valence-electron chi connectivity index (χ0n) is 18.5. The van der Waals surface area contributed by atoms with Crippen LogP contribution in [0.2, 0.25) is 0 Å². The number of fused-ring (bicyclic) bond motifs is 1. The lowest BCUT2D eigenvalue weighted by Crippen LogP contribution is -2.41. The molecular weight excluding hydrogens is 413 g/mol. The number of nitrogens with one attached hydrogen (secondary N) is 3. The maximum absolute atomic E-state index is 13.7. The van der Waals surface area contributed by atoms with Gasteiger partial charge in [-0.15, -0.1) is 0 Å². The number of carbonyl (C=O) groups is 3. The van der Waals surface area contributed by atoms with Crippen molar-refractivity contribution in [3.05, 3.63) is 52.1 Å². The average molecular weight is 439 g/mol. The van der Waals surface area contributed by atoms with Crippen LogP contribution in [0.3, 0.4) is 0 Å². The third-order valence-corrected chi connectivity index (χ3v) is 5.93. The molecule has 3 N–H and O–H groups in total. The minimum atomic E-state index is -0.427. The van der Waals surface area contributed by atoms with Gasteiger partial charge in [0, 0.05) is 55.9 Å². The quantitative estimate of drug-likeness (QED) is 0.642. The van der Waals surface area contributed by atoms with Gasteiger partial charge in [0.1, 0.15) is 5.82 Å².